The molecular weight excluding hydrogens is 307 g/mol. The summed E-state index contributed by atoms with van der Waals surface area (Å²) in [7, 11) is 0. The van der Waals surface area contributed by atoms with Gasteiger partial charge >= 0.3 is 5.97 Å². The number of carbonyl (C=O) groups excluding carboxylic acids is 1. The van der Waals surface area contributed by atoms with Gasteiger partial charge in [-0.3, -0.25) is 0 Å². The molecule has 0 bridgehead atoms. The normalized spacial score (nSPS) is 30.3. The van der Waals surface area contributed by atoms with E-state index in [1.54, 1.807) is 24.3 Å². The van der Waals surface area contributed by atoms with Crippen molar-refractivity contribution < 1.29 is 14.6 Å². The summed E-state index contributed by atoms with van der Waals surface area (Å²) in [5.74, 6) is -0.532. The van der Waals surface area contributed by atoms with E-state index in [4.69, 9.17) is 4.74 Å². The second-order valence-electron chi connectivity index (χ2n) is 3.61. The van der Waals surface area contributed by atoms with Gasteiger partial charge in [-0.05, 0) is 5.56 Å². The molecule has 0 amide bonds. The first-order valence-corrected chi connectivity index (χ1v) is 6.24. The topological polar surface area (TPSA) is 46.5 Å². The summed E-state index contributed by atoms with van der Waals surface area (Å²) in [6.07, 6.45) is 0.169. The molecule has 1 aliphatic heterocycles. The molecule has 0 radical (unpaired) electrons. The maximum Gasteiger partial charge on any atom is 0.343 e. The molecule has 2 rings (SSSR count). The van der Waals surface area contributed by atoms with E-state index in [9.17, 15) is 9.90 Å². The van der Waals surface area contributed by atoms with Crippen molar-refractivity contribution in [1.82, 2.24) is 0 Å². The van der Waals surface area contributed by atoms with Crippen LogP contribution in [0.4, 0.5) is 0 Å². The Morgan fingerprint density at radius 1 is 1.47 bits per heavy atom. The number of alkyl halides is 1. The number of carbonyl (C=O) groups is 1. The number of hydrogen-bond donors (Lipinski definition) is 1. The van der Waals surface area contributed by atoms with Crippen LogP contribution in [-0.2, 0) is 15.1 Å². The molecule has 15 heavy (non-hydrogen) atoms. The summed E-state index contributed by atoms with van der Waals surface area (Å²) >= 11 is 2.15. The van der Waals surface area contributed by atoms with Crippen molar-refractivity contribution in [3.05, 3.63) is 35.9 Å². The molecule has 3 nitrogen and oxygen atoms in total. The van der Waals surface area contributed by atoms with Crippen LogP contribution in [0.2, 0.25) is 0 Å². The van der Waals surface area contributed by atoms with Crippen LogP contribution in [0.5, 0.6) is 0 Å². The maximum atomic E-state index is 11.6. The fraction of sp³-hybridized carbons (Fsp3) is 0.364. The predicted octanol–water partition coefficient (Wildman–Crippen LogP) is 1.62. The Bertz CT molecular complexity index is 365. The summed E-state index contributed by atoms with van der Waals surface area (Å²) in [5.41, 5.74) is -0.834. The second-order valence-corrected chi connectivity index (χ2v) is 4.49. The van der Waals surface area contributed by atoms with Gasteiger partial charge in [0.05, 0.1) is 0 Å². The fourth-order valence-corrected chi connectivity index (χ4v) is 2.23. The van der Waals surface area contributed by atoms with Crippen LogP contribution in [0.1, 0.15) is 12.0 Å². The Hall–Kier alpha value is -0.620. The molecule has 0 spiro atoms. The van der Waals surface area contributed by atoms with Gasteiger partial charge in [-0.25, -0.2) is 4.79 Å². The highest BCUT2D eigenvalue weighted by atomic mass is 127. The molecule has 0 aromatic heterocycles. The number of ether oxygens (including phenoxy) is 1. The van der Waals surface area contributed by atoms with Gasteiger partial charge in [0, 0.05) is 10.8 Å². The lowest BCUT2D eigenvalue weighted by Gasteiger charge is -2.17. The van der Waals surface area contributed by atoms with Crippen molar-refractivity contribution >= 4 is 28.6 Å². The van der Waals surface area contributed by atoms with E-state index in [0.717, 1.165) is 0 Å². The first-order chi connectivity index (χ1) is 7.16. The predicted molar refractivity (Wildman–Crippen MR) is 63.7 cm³/mol. The van der Waals surface area contributed by atoms with Gasteiger partial charge in [-0.2, -0.15) is 0 Å². The molecule has 0 unspecified atom stereocenters. The Morgan fingerprint density at radius 2 is 2.13 bits per heavy atom. The minimum atomic E-state index is -1.45. The van der Waals surface area contributed by atoms with Gasteiger partial charge in [0.2, 0.25) is 0 Å². The van der Waals surface area contributed by atoms with Gasteiger partial charge in [0.1, 0.15) is 6.10 Å². The maximum absolute atomic E-state index is 11.6. The SMILES string of the molecule is O=C1O[C@H](CI)C[C@]1(O)c1ccccc1. The second kappa shape index (κ2) is 4.09. The number of rotatable bonds is 2. The van der Waals surface area contributed by atoms with Crippen LogP contribution in [0.15, 0.2) is 30.3 Å². The standard InChI is InChI=1S/C11H11IO3/c12-7-9-6-11(14,10(13)15-9)8-4-2-1-3-5-8/h1-5,9,14H,6-7H2/t9-,11-/m0/s1. The zero-order valence-corrected chi connectivity index (χ0v) is 10.2. The molecule has 1 aromatic rings. The van der Waals surface area contributed by atoms with Gasteiger partial charge in [-0.1, -0.05) is 52.9 Å². The molecule has 2 atom stereocenters. The van der Waals surface area contributed by atoms with Crippen molar-refractivity contribution in [1.29, 1.82) is 0 Å². The van der Waals surface area contributed by atoms with Crippen molar-refractivity contribution in [2.75, 3.05) is 4.43 Å². The van der Waals surface area contributed by atoms with Gasteiger partial charge in [0.25, 0.3) is 0 Å². The Kier molecular flexibility index (Phi) is 2.97. The molecule has 80 valence electrons. The minimum Gasteiger partial charge on any atom is -0.459 e. The van der Waals surface area contributed by atoms with Crippen LogP contribution >= 0.6 is 22.6 Å². The third-order valence-corrected chi connectivity index (χ3v) is 3.54. The molecule has 0 aliphatic carbocycles. The van der Waals surface area contributed by atoms with E-state index in [0.29, 0.717) is 16.4 Å². The smallest absolute Gasteiger partial charge is 0.343 e. The minimum absolute atomic E-state index is 0.177. The summed E-state index contributed by atoms with van der Waals surface area (Å²) in [6.45, 7) is 0. The zero-order chi connectivity index (χ0) is 10.9. The van der Waals surface area contributed by atoms with Crippen molar-refractivity contribution in [2.24, 2.45) is 0 Å². The Morgan fingerprint density at radius 3 is 2.67 bits per heavy atom. The van der Waals surface area contributed by atoms with E-state index in [2.05, 4.69) is 22.6 Å². The van der Waals surface area contributed by atoms with Gasteiger partial charge in [-0.15, -0.1) is 0 Å². The van der Waals surface area contributed by atoms with Crippen molar-refractivity contribution in [3.8, 4) is 0 Å². The van der Waals surface area contributed by atoms with Crippen molar-refractivity contribution in [3.63, 3.8) is 0 Å². The summed E-state index contributed by atoms with van der Waals surface area (Å²) in [5, 5.41) is 10.3. The largest absolute Gasteiger partial charge is 0.459 e. The molecule has 4 heteroatoms. The third kappa shape index (κ3) is 1.88. The molecule has 1 N–H and O–H groups in total. The first-order valence-electron chi connectivity index (χ1n) is 4.72. The van der Waals surface area contributed by atoms with Crippen LogP contribution < -0.4 is 0 Å². The first kappa shape index (κ1) is 10.9. The molecule has 1 aromatic carbocycles. The number of aliphatic hydroxyl groups is 1. The molecule has 1 saturated heterocycles. The number of hydrogen-bond acceptors (Lipinski definition) is 3. The highest BCUT2D eigenvalue weighted by Gasteiger charge is 2.48. The number of benzene rings is 1. The lowest BCUT2D eigenvalue weighted by Crippen LogP contribution is -2.30. The molecule has 1 aliphatic rings. The van der Waals surface area contributed by atoms with E-state index in [1.807, 2.05) is 6.07 Å². The van der Waals surface area contributed by atoms with Crippen LogP contribution in [0.3, 0.4) is 0 Å². The summed E-state index contributed by atoms with van der Waals surface area (Å²) in [4.78, 5) is 11.6. The number of cyclic esters (lactones) is 1. The molecular formula is C11H11IO3. The highest BCUT2D eigenvalue weighted by molar-refractivity contribution is 14.1. The van der Waals surface area contributed by atoms with Crippen LogP contribution in [0, 0.1) is 0 Å². The average Bonchev–Trinajstić information content (AvgIpc) is 2.57. The third-order valence-electron chi connectivity index (χ3n) is 2.56. The summed E-state index contributed by atoms with van der Waals surface area (Å²) in [6, 6.07) is 8.95. The molecule has 1 fully saturated rings. The van der Waals surface area contributed by atoms with Crippen LogP contribution in [0.25, 0.3) is 0 Å². The molecule has 0 saturated carbocycles. The van der Waals surface area contributed by atoms with E-state index >= 15 is 0 Å². The summed E-state index contributed by atoms with van der Waals surface area (Å²) < 4.78 is 5.79. The Labute approximate surface area is 102 Å². The lowest BCUT2D eigenvalue weighted by molar-refractivity contribution is -0.155. The lowest BCUT2D eigenvalue weighted by atomic mass is 9.91. The Balaban J connectivity index is 2.32. The fourth-order valence-electron chi connectivity index (χ4n) is 1.74. The molecule has 1 heterocycles. The van der Waals surface area contributed by atoms with Crippen molar-refractivity contribution in [2.45, 2.75) is 18.1 Å². The van der Waals surface area contributed by atoms with E-state index in [-0.39, 0.29) is 6.10 Å². The highest BCUT2D eigenvalue weighted by Crippen LogP contribution is 2.35. The zero-order valence-electron chi connectivity index (χ0n) is 8.02. The number of halogens is 1. The number of esters is 1. The van der Waals surface area contributed by atoms with Gasteiger partial charge < -0.3 is 9.84 Å². The van der Waals surface area contributed by atoms with Gasteiger partial charge in [0.15, 0.2) is 5.60 Å². The van der Waals surface area contributed by atoms with E-state index in [1.165, 1.54) is 0 Å². The van der Waals surface area contributed by atoms with E-state index < -0.39 is 11.6 Å². The monoisotopic (exact) mass is 318 g/mol. The average molecular weight is 318 g/mol. The van der Waals surface area contributed by atoms with Crippen LogP contribution in [-0.4, -0.2) is 21.6 Å². The quantitative estimate of drug-likeness (QED) is 0.512.